The largest absolute Gasteiger partial charge is 0.341 e. The summed E-state index contributed by atoms with van der Waals surface area (Å²) in [5.74, 6) is -1.52. The Bertz CT molecular complexity index is 654. The van der Waals surface area contributed by atoms with Gasteiger partial charge in [-0.05, 0) is 18.1 Å². The molecule has 2 aromatic rings. The zero-order valence-electron chi connectivity index (χ0n) is 12.2. The highest BCUT2D eigenvalue weighted by Crippen LogP contribution is 2.10. The first kappa shape index (κ1) is 15.4. The Kier molecular flexibility index (Phi) is 5.43. The molecule has 0 bridgehead atoms. The minimum Gasteiger partial charge on any atom is -0.341 e. The van der Waals surface area contributed by atoms with Crippen molar-refractivity contribution in [2.75, 3.05) is 0 Å². The first-order valence-electron chi connectivity index (χ1n) is 6.90. The lowest BCUT2D eigenvalue weighted by atomic mass is 10.1. The van der Waals surface area contributed by atoms with E-state index in [2.05, 4.69) is 15.8 Å². The third-order valence-electron chi connectivity index (χ3n) is 3.03. The van der Waals surface area contributed by atoms with Crippen molar-refractivity contribution in [3.05, 3.63) is 71.8 Å². The second-order valence-electron chi connectivity index (χ2n) is 4.72. The lowest BCUT2D eigenvalue weighted by Crippen LogP contribution is -2.39. The fraction of sp³-hybridized carbons (Fsp3) is 0.118. The SMILES string of the molecule is C[C@H](NC(=O)C(=O)N/N=C\c1ccccc1)c1ccccc1. The van der Waals surface area contributed by atoms with Crippen molar-refractivity contribution >= 4 is 18.0 Å². The number of hydrogen-bond acceptors (Lipinski definition) is 3. The van der Waals surface area contributed by atoms with Gasteiger partial charge in [0.15, 0.2) is 0 Å². The van der Waals surface area contributed by atoms with Crippen molar-refractivity contribution in [2.45, 2.75) is 13.0 Å². The van der Waals surface area contributed by atoms with Gasteiger partial charge in [-0.15, -0.1) is 0 Å². The highest BCUT2D eigenvalue weighted by atomic mass is 16.2. The summed E-state index contributed by atoms with van der Waals surface area (Å²) in [4.78, 5) is 23.4. The van der Waals surface area contributed by atoms with Crippen LogP contribution >= 0.6 is 0 Å². The molecule has 2 rings (SSSR count). The van der Waals surface area contributed by atoms with Crippen LogP contribution in [0.4, 0.5) is 0 Å². The standard InChI is InChI=1S/C17H17N3O2/c1-13(15-10-6-3-7-11-15)19-16(21)17(22)20-18-12-14-8-4-2-5-9-14/h2-13H,1H3,(H,19,21)(H,20,22)/b18-12-/t13-/m0/s1. The number of nitrogens with zero attached hydrogens (tertiary/aromatic N) is 1. The molecule has 2 aromatic carbocycles. The number of nitrogens with one attached hydrogen (secondary N) is 2. The predicted molar refractivity (Wildman–Crippen MR) is 85.2 cm³/mol. The zero-order chi connectivity index (χ0) is 15.8. The maximum Gasteiger partial charge on any atom is 0.329 e. The van der Waals surface area contributed by atoms with Gasteiger partial charge in [0.1, 0.15) is 0 Å². The molecule has 1 atom stereocenters. The molecule has 0 radical (unpaired) electrons. The highest BCUT2D eigenvalue weighted by molar-refractivity contribution is 6.35. The average molecular weight is 295 g/mol. The Morgan fingerprint density at radius 2 is 1.55 bits per heavy atom. The number of benzene rings is 2. The molecule has 0 saturated heterocycles. The van der Waals surface area contributed by atoms with E-state index in [1.165, 1.54) is 6.21 Å². The van der Waals surface area contributed by atoms with E-state index < -0.39 is 11.8 Å². The molecule has 0 saturated carbocycles. The summed E-state index contributed by atoms with van der Waals surface area (Å²) in [6, 6.07) is 18.4. The van der Waals surface area contributed by atoms with Crippen LogP contribution in [0, 0.1) is 0 Å². The van der Waals surface area contributed by atoms with Crippen molar-refractivity contribution in [1.29, 1.82) is 0 Å². The molecule has 22 heavy (non-hydrogen) atoms. The number of carbonyl (C=O) groups is 2. The van der Waals surface area contributed by atoms with E-state index in [1.54, 1.807) is 0 Å². The molecule has 0 spiro atoms. The van der Waals surface area contributed by atoms with Crippen LogP contribution in [0.25, 0.3) is 0 Å². The molecule has 0 fully saturated rings. The van der Waals surface area contributed by atoms with Crippen molar-refractivity contribution in [3.63, 3.8) is 0 Å². The van der Waals surface area contributed by atoms with Gasteiger partial charge < -0.3 is 5.32 Å². The zero-order valence-corrected chi connectivity index (χ0v) is 12.2. The molecular formula is C17H17N3O2. The Balaban J connectivity index is 1.85. The average Bonchev–Trinajstić information content (AvgIpc) is 2.56. The minimum absolute atomic E-state index is 0.252. The van der Waals surface area contributed by atoms with Crippen molar-refractivity contribution in [3.8, 4) is 0 Å². The van der Waals surface area contributed by atoms with Crippen LogP contribution in [0.3, 0.4) is 0 Å². The molecule has 0 heterocycles. The predicted octanol–water partition coefficient (Wildman–Crippen LogP) is 2.01. The van der Waals surface area contributed by atoms with Gasteiger partial charge in [0, 0.05) is 0 Å². The topological polar surface area (TPSA) is 70.6 Å². The fourth-order valence-electron chi connectivity index (χ4n) is 1.84. The van der Waals surface area contributed by atoms with E-state index in [9.17, 15) is 9.59 Å². The van der Waals surface area contributed by atoms with E-state index in [0.717, 1.165) is 11.1 Å². The summed E-state index contributed by atoms with van der Waals surface area (Å²) in [6.45, 7) is 1.81. The second kappa shape index (κ2) is 7.73. The number of rotatable bonds is 4. The Labute approximate surface area is 129 Å². The normalized spacial score (nSPS) is 11.9. The van der Waals surface area contributed by atoms with Gasteiger partial charge in [-0.25, -0.2) is 5.43 Å². The van der Waals surface area contributed by atoms with Crippen LogP contribution in [0.15, 0.2) is 65.8 Å². The van der Waals surface area contributed by atoms with Crippen LogP contribution in [0.2, 0.25) is 0 Å². The van der Waals surface area contributed by atoms with Crippen LogP contribution in [0.5, 0.6) is 0 Å². The van der Waals surface area contributed by atoms with E-state index >= 15 is 0 Å². The smallest absolute Gasteiger partial charge is 0.329 e. The number of hydrogen-bond donors (Lipinski definition) is 2. The van der Waals surface area contributed by atoms with Gasteiger partial charge in [0.05, 0.1) is 12.3 Å². The van der Waals surface area contributed by atoms with Crippen molar-refractivity contribution < 1.29 is 9.59 Å². The molecule has 0 aliphatic carbocycles. The molecule has 112 valence electrons. The van der Waals surface area contributed by atoms with Gasteiger partial charge in [0.2, 0.25) is 0 Å². The van der Waals surface area contributed by atoms with Gasteiger partial charge >= 0.3 is 11.8 Å². The summed E-state index contributed by atoms with van der Waals surface area (Å²) in [7, 11) is 0. The Hall–Kier alpha value is -2.95. The molecular weight excluding hydrogens is 278 g/mol. The molecule has 2 amide bonds. The molecule has 0 aromatic heterocycles. The summed E-state index contributed by atoms with van der Waals surface area (Å²) >= 11 is 0. The van der Waals surface area contributed by atoms with Crippen LogP contribution in [0.1, 0.15) is 24.1 Å². The fourth-order valence-corrected chi connectivity index (χ4v) is 1.84. The number of hydrazone groups is 1. The maximum absolute atomic E-state index is 11.8. The first-order valence-corrected chi connectivity index (χ1v) is 6.90. The Morgan fingerprint density at radius 1 is 0.955 bits per heavy atom. The quantitative estimate of drug-likeness (QED) is 0.514. The van der Waals surface area contributed by atoms with Gasteiger partial charge in [-0.3, -0.25) is 9.59 Å². The summed E-state index contributed by atoms with van der Waals surface area (Å²) in [5.41, 5.74) is 3.97. The van der Waals surface area contributed by atoms with E-state index in [-0.39, 0.29) is 6.04 Å². The van der Waals surface area contributed by atoms with Crippen molar-refractivity contribution in [1.82, 2.24) is 10.7 Å². The Morgan fingerprint density at radius 3 is 2.18 bits per heavy atom. The van der Waals surface area contributed by atoms with E-state index in [4.69, 9.17) is 0 Å². The number of amides is 2. The highest BCUT2D eigenvalue weighted by Gasteiger charge is 2.16. The summed E-state index contributed by atoms with van der Waals surface area (Å²) in [6.07, 6.45) is 1.48. The molecule has 2 N–H and O–H groups in total. The first-order chi connectivity index (χ1) is 10.7. The summed E-state index contributed by atoms with van der Waals surface area (Å²) in [5, 5.41) is 6.38. The molecule has 0 aliphatic rings. The molecule has 0 unspecified atom stereocenters. The molecule has 5 nitrogen and oxygen atoms in total. The third-order valence-corrected chi connectivity index (χ3v) is 3.03. The lowest BCUT2D eigenvalue weighted by molar-refractivity contribution is -0.139. The van der Waals surface area contributed by atoms with Crippen molar-refractivity contribution in [2.24, 2.45) is 5.10 Å². The lowest BCUT2D eigenvalue weighted by Gasteiger charge is -2.13. The van der Waals surface area contributed by atoms with Crippen LogP contribution in [-0.4, -0.2) is 18.0 Å². The van der Waals surface area contributed by atoms with Gasteiger partial charge in [0.25, 0.3) is 0 Å². The molecule has 0 aliphatic heterocycles. The van der Waals surface area contributed by atoms with Gasteiger partial charge in [-0.1, -0.05) is 60.7 Å². The van der Waals surface area contributed by atoms with E-state index in [0.29, 0.717) is 0 Å². The minimum atomic E-state index is -0.796. The maximum atomic E-state index is 11.8. The number of carbonyl (C=O) groups excluding carboxylic acids is 2. The molecule has 5 heteroatoms. The van der Waals surface area contributed by atoms with Crippen LogP contribution < -0.4 is 10.7 Å². The monoisotopic (exact) mass is 295 g/mol. The third kappa shape index (κ3) is 4.56. The van der Waals surface area contributed by atoms with Gasteiger partial charge in [-0.2, -0.15) is 5.10 Å². The summed E-state index contributed by atoms with van der Waals surface area (Å²) < 4.78 is 0. The second-order valence-corrected chi connectivity index (χ2v) is 4.72. The van der Waals surface area contributed by atoms with E-state index in [1.807, 2.05) is 67.6 Å². The van der Waals surface area contributed by atoms with Crippen LogP contribution in [-0.2, 0) is 9.59 Å².